The first-order valence-corrected chi connectivity index (χ1v) is 10.3. The highest BCUT2D eigenvalue weighted by Gasteiger charge is 2.17. The summed E-state index contributed by atoms with van der Waals surface area (Å²) < 4.78 is 1.82. The van der Waals surface area contributed by atoms with Crippen molar-refractivity contribution in [3.05, 3.63) is 75.3 Å². The number of rotatable bonds is 8. The van der Waals surface area contributed by atoms with Gasteiger partial charge in [-0.15, -0.1) is 16.8 Å². The molecule has 8 nitrogen and oxygen atoms in total. The number of aromatic nitrogens is 3. The molecule has 3 aromatic rings. The van der Waals surface area contributed by atoms with Crippen LogP contribution in [0.2, 0.25) is 10.0 Å². The molecule has 0 aliphatic carbocycles. The van der Waals surface area contributed by atoms with Crippen LogP contribution in [0.5, 0.6) is 0 Å². The van der Waals surface area contributed by atoms with Gasteiger partial charge in [0.05, 0.1) is 10.7 Å². The van der Waals surface area contributed by atoms with Crippen LogP contribution in [0.15, 0.2) is 60.3 Å². The Labute approximate surface area is 186 Å². The lowest BCUT2D eigenvalue weighted by atomic mass is 10.2. The summed E-state index contributed by atoms with van der Waals surface area (Å²) in [6.07, 6.45) is 1.70. The second-order valence-corrected chi connectivity index (χ2v) is 7.76. The van der Waals surface area contributed by atoms with E-state index in [1.165, 1.54) is 30.0 Å². The SMILES string of the molecule is C=CCn1c(SCC(=O)Nc2ccc(Cl)c([N+](=O)[O-])c2)nnc1-c1cccc(Cl)c1. The first-order chi connectivity index (χ1) is 14.4. The number of halogens is 2. The lowest BCUT2D eigenvalue weighted by Crippen LogP contribution is -2.14. The maximum absolute atomic E-state index is 12.3. The Morgan fingerprint density at radius 3 is 2.77 bits per heavy atom. The molecule has 1 heterocycles. The number of thioether (sulfide) groups is 1. The van der Waals surface area contributed by atoms with Crippen molar-refractivity contribution in [2.24, 2.45) is 0 Å². The molecule has 1 amide bonds. The number of nitrogens with zero attached hydrogens (tertiary/aromatic N) is 4. The van der Waals surface area contributed by atoms with Crippen LogP contribution in [-0.2, 0) is 11.3 Å². The van der Waals surface area contributed by atoms with Gasteiger partial charge in [0.1, 0.15) is 5.02 Å². The molecule has 0 saturated carbocycles. The number of amides is 1. The van der Waals surface area contributed by atoms with Crippen molar-refractivity contribution in [2.75, 3.05) is 11.1 Å². The van der Waals surface area contributed by atoms with Gasteiger partial charge in [0.2, 0.25) is 5.91 Å². The Hall–Kier alpha value is -2.88. The van der Waals surface area contributed by atoms with E-state index in [9.17, 15) is 14.9 Å². The normalized spacial score (nSPS) is 10.6. The van der Waals surface area contributed by atoms with Gasteiger partial charge in [0.15, 0.2) is 11.0 Å². The van der Waals surface area contributed by atoms with Gasteiger partial charge >= 0.3 is 0 Å². The van der Waals surface area contributed by atoms with Gasteiger partial charge in [-0.25, -0.2) is 0 Å². The van der Waals surface area contributed by atoms with Crippen molar-refractivity contribution in [3.63, 3.8) is 0 Å². The maximum atomic E-state index is 12.3. The zero-order valence-corrected chi connectivity index (χ0v) is 17.7. The molecule has 30 heavy (non-hydrogen) atoms. The van der Waals surface area contributed by atoms with E-state index in [0.717, 1.165) is 5.56 Å². The van der Waals surface area contributed by atoms with Crippen LogP contribution in [0.4, 0.5) is 11.4 Å². The van der Waals surface area contributed by atoms with Gasteiger partial charge in [0.25, 0.3) is 5.69 Å². The van der Waals surface area contributed by atoms with E-state index in [0.29, 0.717) is 22.5 Å². The van der Waals surface area contributed by atoms with E-state index in [4.69, 9.17) is 23.2 Å². The van der Waals surface area contributed by atoms with Crippen LogP contribution >= 0.6 is 35.0 Å². The molecule has 0 unspecified atom stereocenters. The van der Waals surface area contributed by atoms with Gasteiger partial charge in [-0.05, 0) is 24.3 Å². The number of anilines is 1. The molecule has 0 radical (unpaired) electrons. The number of carbonyl (C=O) groups is 1. The molecular formula is C19H15Cl2N5O3S. The predicted octanol–water partition coefficient (Wildman–Crippen LogP) is 5.08. The molecular weight excluding hydrogens is 449 g/mol. The van der Waals surface area contributed by atoms with Crippen molar-refractivity contribution >= 4 is 52.2 Å². The van der Waals surface area contributed by atoms with Gasteiger partial charge in [-0.2, -0.15) is 0 Å². The Bertz CT molecular complexity index is 1120. The lowest BCUT2D eigenvalue weighted by Gasteiger charge is -2.08. The molecule has 3 rings (SSSR count). The smallest absolute Gasteiger partial charge is 0.289 e. The lowest BCUT2D eigenvalue weighted by molar-refractivity contribution is -0.384. The number of nitro groups is 1. The Kier molecular flexibility index (Phi) is 7.09. The number of carbonyl (C=O) groups excluding carboxylic acids is 1. The van der Waals surface area contributed by atoms with Crippen molar-refractivity contribution < 1.29 is 9.72 Å². The third-order valence-electron chi connectivity index (χ3n) is 3.87. The third kappa shape index (κ3) is 5.18. The molecule has 1 aromatic heterocycles. The number of hydrogen-bond donors (Lipinski definition) is 1. The average Bonchev–Trinajstić information content (AvgIpc) is 3.10. The van der Waals surface area contributed by atoms with Crippen molar-refractivity contribution in [3.8, 4) is 11.4 Å². The van der Waals surface area contributed by atoms with Crippen LogP contribution < -0.4 is 5.32 Å². The summed E-state index contributed by atoms with van der Waals surface area (Å²) in [6, 6.07) is 11.3. The molecule has 154 valence electrons. The summed E-state index contributed by atoms with van der Waals surface area (Å²) in [4.78, 5) is 22.7. The summed E-state index contributed by atoms with van der Waals surface area (Å²) in [7, 11) is 0. The maximum Gasteiger partial charge on any atom is 0.289 e. The molecule has 0 bridgehead atoms. The minimum Gasteiger partial charge on any atom is -0.325 e. The van der Waals surface area contributed by atoms with Crippen molar-refractivity contribution in [1.82, 2.24) is 14.8 Å². The zero-order valence-electron chi connectivity index (χ0n) is 15.4. The number of nitro benzene ring substituents is 1. The first-order valence-electron chi connectivity index (χ1n) is 8.55. The number of benzene rings is 2. The monoisotopic (exact) mass is 463 g/mol. The Morgan fingerprint density at radius 1 is 1.27 bits per heavy atom. The minimum absolute atomic E-state index is 0.00144. The largest absolute Gasteiger partial charge is 0.325 e. The second-order valence-electron chi connectivity index (χ2n) is 5.98. The van der Waals surface area contributed by atoms with E-state index in [-0.39, 0.29) is 28.1 Å². The molecule has 2 aromatic carbocycles. The van der Waals surface area contributed by atoms with Gasteiger partial charge < -0.3 is 5.32 Å². The van der Waals surface area contributed by atoms with E-state index in [1.807, 2.05) is 16.7 Å². The number of allylic oxidation sites excluding steroid dienone is 1. The second kappa shape index (κ2) is 9.75. The summed E-state index contributed by atoms with van der Waals surface area (Å²) in [5, 5.41) is 23.1. The quantitative estimate of drug-likeness (QED) is 0.216. The summed E-state index contributed by atoms with van der Waals surface area (Å²) in [5.41, 5.74) is 0.796. The van der Waals surface area contributed by atoms with Crippen LogP contribution in [0.25, 0.3) is 11.4 Å². The van der Waals surface area contributed by atoms with Crippen molar-refractivity contribution in [1.29, 1.82) is 0 Å². The highest BCUT2D eigenvalue weighted by molar-refractivity contribution is 7.99. The van der Waals surface area contributed by atoms with E-state index in [1.54, 1.807) is 18.2 Å². The van der Waals surface area contributed by atoms with E-state index < -0.39 is 4.92 Å². The molecule has 0 saturated heterocycles. The number of nitrogens with one attached hydrogen (secondary N) is 1. The zero-order chi connectivity index (χ0) is 21.7. The number of hydrogen-bond acceptors (Lipinski definition) is 6. The molecule has 0 spiro atoms. The Morgan fingerprint density at radius 2 is 2.07 bits per heavy atom. The minimum atomic E-state index is -0.609. The molecule has 1 N–H and O–H groups in total. The average molecular weight is 464 g/mol. The van der Waals surface area contributed by atoms with Crippen LogP contribution in [0, 0.1) is 10.1 Å². The van der Waals surface area contributed by atoms with Crippen LogP contribution in [0.3, 0.4) is 0 Å². The molecule has 0 aliphatic heterocycles. The van der Waals surface area contributed by atoms with Gasteiger partial charge in [0, 0.05) is 28.9 Å². The third-order valence-corrected chi connectivity index (χ3v) is 5.39. The standard InChI is InChI=1S/C19H15Cl2N5O3S/c1-2-8-25-18(12-4-3-5-13(20)9-12)23-24-19(25)30-11-17(27)22-14-6-7-15(21)16(10-14)26(28)29/h2-7,9-10H,1,8,11H2,(H,22,27). The molecule has 0 aliphatic rings. The van der Waals surface area contributed by atoms with Crippen LogP contribution in [0.1, 0.15) is 0 Å². The van der Waals surface area contributed by atoms with Crippen LogP contribution in [-0.4, -0.2) is 31.3 Å². The van der Waals surface area contributed by atoms with Crippen molar-refractivity contribution in [2.45, 2.75) is 11.7 Å². The fourth-order valence-corrected chi connectivity index (χ4v) is 3.71. The summed E-state index contributed by atoms with van der Waals surface area (Å²) >= 11 is 13.0. The molecule has 0 atom stereocenters. The molecule has 11 heteroatoms. The predicted molar refractivity (Wildman–Crippen MR) is 118 cm³/mol. The fraction of sp³-hybridized carbons (Fsp3) is 0.105. The Balaban J connectivity index is 1.72. The summed E-state index contributed by atoms with van der Waals surface area (Å²) in [5.74, 6) is 0.282. The fourth-order valence-electron chi connectivity index (χ4n) is 2.59. The highest BCUT2D eigenvalue weighted by Crippen LogP contribution is 2.28. The molecule has 0 fully saturated rings. The first kappa shape index (κ1) is 21.8. The highest BCUT2D eigenvalue weighted by atomic mass is 35.5. The van der Waals surface area contributed by atoms with E-state index in [2.05, 4.69) is 22.1 Å². The van der Waals surface area contributed by atoms with E-state index >= 15 is 0 Å². The van der Waals surface area contributed by atoms with Gasteiger partial charge in [-0.3, -0.25) is 19.5 Å². The van der Waals surface area contributed by atoms with Gasteiger partial charge in [-0.1, -0.05) is 53.2 Å². The topological polar surface area (TPSA) is 103 Å². The summed E-state index contributed by atoms with van der Waals surface area (Å²) in [6.45, 7) is 4.20.